The van der Waals surface area contributed by atoms with Crippen LogP contribution in [-0.2, 0) is 16.1 Å². The molecule has 0 aliphatic carbocycles. The van der Waals surface area contributed by atoms with Crippen molar-refractivity contribution in [2.45, 2.75) is 33.4 Å². The molecular weight excluding hydrogens is 437 g/mol. The van der Waals surface area contributed by atoms with Gasteiger partial charge in [0.1, 0.15) is 5.76 Å². The summed E-state index contributed by atoms with van der Waals surface area (Å²) in [6, 6.07) is 4.27. The van der Waals surface area contributed by atoms with E-state index in [1.54, 1.807) is 26.8 Å². The summed E-state index contributed by atoms with van der Waals surface area (Å²) in [7, 11) is 0. The quantitative estimate of drug-likeness (QED) is 0.415. The Morgan fingerprint density at radius 2 is 1.93 bits per heavy atom. The van der Waals surface area contributed by atoms with Gasteiger partial charge in [-0.3, -0.25) is 25.2 Å². The first-order chi connectivity index (χ1) is 14.1. The number of rotatable bonds is 4. The summed E-state index contributed by atoms with van der Waals surface area (Å²) in [6.45, 7) is 4.85. The average molecular weight is 454 g/mol. The van der Waals surface area contributed by atoms with E-state index in [9.17, 15) is 14.4 Å². The van der Waals surface area contributed by atoms with Crippen LogP contribution in [-0.4, -0.2) is 34.7 Å². The molecule has 3 rings (SSSR count). The van der Waals surface area contributed by atoms with Crippen molar-refractivity contribution in [1.29, 1.82) is 5.41 Å². The molecule has 2 heterocycles. The van der Waals surface area contributed by atoms with Gasteiger partial charge in [-0.05, 0) is 39.0 Å². The van der Waals surface area contributed by atoms with E-state index in [0.717, 1.165) is 4.90 Å². The van der Waals surface area contributed by atoms with Gasteiger partial charge in [0.15, 0.2) is 5.76 Å². The number of hydrogen-bond donors (Lipinski definition) is 2. The predicted octanol–water partition coefficient (Wildman–Crippen LogP) is 2.51. The molecule has 1 aromatic carbocycles. The SMILES string of the molecule is Cc1oc(=O)oc1CN(C(=N)N=C1NC(=O)C(=O)N1C(C)C)c1ccc(Cl)c(Cl)c1. The van der Waals surface area contributed by atoms with E-state index < -0.39 is 17.6 Å². The number of benzene rings is 1. The average Bonchev–Trinajstić information content (AvgIpc) is 3.12. The first kappa shape index (κ1) is 21.6. The van der Waals surface area contributed by atoms with Crippen molar-refractivity contribution in [3.8, 4) is 0 Å². The van der Waals surface area contributed by atoms with Gasteiger partial charge in [-0.25, -0.2) is 4.79 Å². The van der Waals surface area contributed by atoms with Crippen LogP contribution in [0.1, 0.15) is 25.4 Å². The highest BCUT2D eigenvalue weighted by atomic mass is 35.5. The van der Waals surface area contributed by atoms with Gasteiger partial charge >= 0.3 is 17.6 Å². The van der Waals surface area contributed by atoms with Crippen LogP contribution in [0.3, 0.4) is 0 Å². The Labute approximate surface area is 180 Å². The first-order valence-electron chi connectivity index (χ1n) is 8.72. The summed E-state index contributed by atoms with van der Waals surface area (Å²) in [5.74, 6) is -2.52. The fourth-order valence-electron chi connectivity index (χ4n) is 2.75. The van der Waals surface area contributed by atoms with E-state index in [1.807, 2.05) is 0 Å². The summed E-state index contributed by atoms with van der Waals surface area (Å²) >= 11 is 12.1. The van der Waals surface area contributed by atoms with Gasteiger partial charge in [-0.15, -0.1) is 0 Å². The largest absolute Gasteiger partial charge is 0.519 e. The molecule has 1 aliphatic heterocycles. The smallest absolute Gasteiger partial charge is 0.396 e. The molecule has 1 saturated heterocycles. The van der Waals surface area contributed by atoms with Crippen LogP contribution in [0.15, 0.2) is 36.8 Å². The molecule has 10 nitrogen and oxygen atoms in total. The monoisotopic (exact) mass is 453 g/mol. The Morgan fingerprint density at radius 1 is 1.23 bits per heavy atom. The first-order valence-corrected chi connectivity index (χ1v) is 9.48. The number of carbonyl (C=O) groups is 2. The van der Waals surface area contributed by atoms with E-state index in [-0.39, 0.29) is 41.0 Å². The molecule has 0 spiro atoms. The molecule has 0 radical (unpaired) electrons. The second-order valence-electron chi connectivity index (χ2n) is 6.60. The molecule has 0 atom stereocenters. The molecule has 1 aromatic heterocycles. The van der Waals surface area contributed by atoms with Gasteiger partial charge < -0.3 is 13.7 Å². The third-order valence-corrected chi connectivity index (χ3v) is 4.94. The Bertz CT molecular complexity index is 1120. The zero-order valence-electron chi connectivity index (χ0n) is 16.2. The van der Waals surface area contributed by atoms with Crippen LogP contribution in [0.5, 0.6) is 0 Å². The van der Waals surface area contributed by atoms with Gasteiger partial charge in [-0.1, -0.05) is 23.2 Å². The standard InChI is InChI=1S/C18H17Cl2N5O5/c1-8(2)25-15(27)14(26)22-17(25)23-16(21)24(7-13-9(3)29-18(28)30-13)10-4-5-11(19)12(20)6-10/h4-6,8H,7H2,1-3H3,(H2,21,22,23,26). The van der Waals surface area contributed by atoms with E-state index in [1.165, 1.54) is 17.0 Å². The number of aliphatic imine (C=N–C) groups is 1. The molecule has 1 aliphatic rings. The summed E-state index contributed by atoms with van der Waals surface area (Å²) in [5, 5.41) is 11.4. The van der Waals surface area contributed by atoms with Gasteiger partial charge in [-0.2, -0.15) is 4.99 Å². The van der Waals surface area contributed by atoms with Crippen molar-refractivity contribution in [3.63, 3.8) is 0 Å². The van der Waals surface area contributed by atoms with Crippen molar-refractivity contribution in [3.05, 3.63) is 50.4 Å². The minimum absolute atomic E-state index is 0.0829. The Kier molecular flexibility index (Phi) is 5.99. The number of carbonyl (C=O) groups excluding carboxylic acids is 2. The van der Waals surface area contributed by atoms with Crippen molar-refractivity contribution >= 4 is 52.6 Å². The van der Waals surface area contributed by atoms with Crippen LogP contribution in [0.2, 0.25) is 10.0 Å². The zero-order chi connectivity index (χ0) is 22.2. The number of nitrogens with one attached hydrogen (secondary N) is 2. The van der Waals surface area contributed by atoms with Gasteiger partial charge in [0, 0.05) is 11.7 Å². The number of amides is 2. The molecular formula is C18H17Cl2N5O5. The number of guanidine groups is 2. The Morgan fingerprint density at radius 3 is 2.50 bits per heavy atom. The lowest BCUT2D eigenvalue weighted by Crippen LogP contribution is -2.40. The molecule has 2 aromatic rings. The van der Waals surface area contributed by atoms with Crippen molar-refractivity contribution in [1.82, 2.24) is 10.2 Å². The third kappa shape index (κ3) is 4.24. The van der Waals surface area contributed by atoms with Crippen molar-refractivity contribution in [2.24, 2.45) is 4.99 Å². The molecule has 2 amide bonds. The van der Waals surface area contributed by atoms with Crippen LogP contribution in [0.4, 0.5) is 5.69 Å². The van der Waals surface area contributed by atoms with Gasteiger partial charge in [0.25, 0.3) is 0 Å². The van der Waals surface area contributed by atoms with Crippen LogP contribution < -0.4 is 16.0 Å². The fraction of sp³-hybridized carbons (Fsp3) is 0.278. The second-order valence-corrected chi connectivity index (χ2v) is 7.41. The molecule has 0 saturated carbocycles. The number of nitrogens with zero attached hydrogens (tertiary/aromatic N) is 3. The molecule has 0 unspecified atom stereocenters. The Hall–Kier alpha value is -3.11. The highest BCUT2D eigenvalue weighted by Crippen LogP contribution is 2.29. The minimum atomic E-state index is -0.880. The van der Waals surface area contributed by atoms with E-state index in [0.29, 0.717) is 10.7 Å². The Balaban J connectivity index is 2.02. The van der Waals surface area contributed by atoms with Gasteiger partial charge in [0.05, 0.1) is 16.6 Å². The molecule has 2 N–H and O–H groups in total. The van der Waals surface area contributed by atoms with E-state index >= 15 is 0 Å². The van der Waals surface area contributed by atoms with E-state index in [4.69, 9.17) is 37.4 Å². The summed E-state index contributed by atoms with van der Waals surface area (Å²) in [4.78, 5) is 41.8. The topological polar surface area (TPSA) is 132 Å². The lowest BCUT2D eigenvalue weighted by molar-refractivity contribution is -0.140. The molecule has 0 bridgehead atoms. The normalized spacial score (nSPS) is 15.3. The lowest BCUT2D eigenvalue weighted by Gasteiger charge is -2.24. The summed E-state index contributed by atoms with van der Waals surface area (Å²) in [6.07, 6.45) is 0. The predicted molar refractivity (Wildman–Crippen MR) is 110 cm³/mol. The second kappa shape index (κ2) is 8.33. The summed E-state index contributed by atoms with van der Waals surface area (Å²) in [5.41, 5.74) is 0.411. The molecule has 12 heteroatoms. The van der Waals surface area contributed by atoms with E-state index in [2.05, 4.69) is 10.3 Å². The molecule has 158 valence electrons. The molecule has 1 fully saturated rings. The number of halogens is 2. The van der Waals surface area contributed by atoms with Crippen LogP contribution in [0.25, 0.3) is 0 Å². The van der Waals surface area contributed by atoms with Crippen molar-refractivity contribution < 1.29 is 18.4 Å². The number of anilines is 1. The van der Waals surface area contributed by atoms with Crippen LogP contribution >= 0.6 is 23.2 Å². The highest BCUT2D eigenvalue weighted by Gasteiger charge is 2.37. The molecule has 30 heavy (non-hydrogen) atoms. The zero-order valence-corrected chi connectivity index (χ0v) is 17.7. The fourth-order valence-corrected chi connectivity index (χ4v) is 3.04. The maximum absolute atomic E-state index is 12.1. The van der Waals surface area contributed by atoms with Crippen molar-refractivity contribution in [2.75, 3.05) is 4.90 Å². The highest BCUT2D eigenvalue weighted by molar-refractivity contribution is 6.46. The maximum Gasteiger partial charge on any atom is 0.519 e. The third-order valence-electron chi connectivity index (χ3n) is 4.20. The lowest BCUT2D eigenvalue weighted by atomic mass is 10.2. The van der Waals surface area contributed by atoms with Crippen LogP contribution in [0, 0.1) is 12.3 Å². The number of hydrogen-bond acceptors (Lipinski definition) is 6. The minimum Gasteiger partial charge on any atom is -0.396 e. The maximum atomic E-state index is 12.1. The van der Waals surface area contributed by atoms with Gasteiger partial charge in [0.2, 0.25) is 11.9 Å². The number of aryl methyl sites for hydroxylation is 1. The summed E-state index contributed by atoms with van der Waals surface area (Å²) < 4.78 is 9.90.